The zero-order valence-corrected chi connectivity index (χ0v) is 27.6. The number of aromatic nitrogens is 2. The van der Waals surface area contributed by atoms with Gasteiger partial charge in [-0.05, 0) is 50.5 Å². The smallest absolute Gasteiger partial charge is 0.414 e. The quantitative estimate of drug-likeness (QED) is 0.257. The van der Waals surface area contributed by atoms with Crippen molar-refractivity contribution < 1.29 is 45.8 Å². The first kappa shape index (κ1) is 32.5. The van der Waals surface area contributed by atoms with Crippen LogP contribution in [0.4, 0.5) is 30.1 Å². The molecule has 5 heterocycles. The first-order valence-corrected chi connectivity index (χ1v) is 17.1. The molecule has 2 aromatic heterocycles. The van der Waals surface area contributed by atoms with Crippen LogP contribution in [0, 0.1) is 23.0 Å². The highest BCUT2D eigenvalue weighted by Gasteiger charge is 2.47. The van der Waals surface area contributed by atoms with Gasteiger partial charge in [-0.1, -0.05) is 6.92 Å². The van der Waals surface area contributed by atoms with Gasteiger partial charge in [0.1, 0.15) is 40.0 Å². The zero-order valence-electron chi connectivity index (χ0n) is 26.8. The molecule has 2 aromatic carbocycles. The van der Waals surface area contributed by atoms with Crippen LogP contribution in [0.2, 0.25) is 0 Å². The molecule has 2 atom stereocenters. The van der Waals surface area contributed by atoms with Crippen LogP contribution in [-0.4, -0.2) is 77.1 Å². The van der Waals surface area contributed by atoms with Crippen LogP contribution in [0.1, 0.15) is 50.8 Å². The lowest BCUT2D eigenvalue weighted by Crippen LogP contribution is -2.48. The van der Waals surface area contributed by atoms with Crippen LogP contribution in [0.5, 0.6) is 0 Å². The van der Waals surface area contributed by atoms with E-state index in [-0.39, 0.29) is 94.5 Å². The Labute approximate surface area is 278 Å². The highest BCUT2D eigenvalue weighted by molar-refractivity contribution is 7.91. The van der Waals surface area contributed by atoms with Gasteiger partial charge in [0.2, 0.25) is 20.9 Å². The zero-order chi connectivity index (χ0) is 35.2. The van der Waals surface area contributed by atoms with Crippen LogP contribution in [0.3, 0.4) is 0 Å². The number of benzene rings is 2. The van der Waals surface area contributed by atoms with Gasteiger partial charge >= 0.3 is 12.2 Å². The first-order valence-electron chi connectivity index (χ1n) is 15.4. The summed E-state index contributed by atoms with van der Waals surface area (Å²) in [7, 11) is -4.10. The largest absolute Gasteiger partial charge is 0.465 e. The minimum atomic E-state index is -4.10. The highest BCUT2D eigenvalue weighted by atomic mass is 32.2. The molecular weight excluding hydrogens is 666 g/mol. The summed E-state index contributed by atoms with van der Waals surface area (Å²) < 4.78 is 76.4. The number of halogens is 2. The maximum absolute atomic E-state index is 17.2. The number of piperazine rings is 1. The molecule has 0 aliphatic carbocycles. The third kappa shape index (κ3) is 5.17. The Morgan fingerprint density at radius 1 is 1.12 bits per heavy atom. The predicted octanol–water partition coefficient (Wildman–Crippen LogP) is 5.30. The number of nitrogens with one attached hydrogen (secondary N) is 1. The highest BCUT2D eigenvalue weighted by Crippen LogP contribution is 2.48. The summed E-state index contributed by atoms with van der Waals surface area (Å²) in [6.07, 6.45) is -1.54. The molecule has 14 nitrogen and oxygen atoms in total. The number of carbonyl (C=O) groups is 2. The standard InChI is InChI=1S/C32H30F2N6O8S/c1-5-49(44,45)29-36-26-23(27(37-29)39-10-15-8-14(39)11-40(15)31(42)43)18-13-46-12-17(18)22(25(26)34)24-19(33)6-7-20-21(24)16(9-35)28(47-20)38-30(41)48-32(2,3)4/h6-7,14-15H,5,8,10-13H2,1-4H3,(H,38,41)(H,42,43)/t14-,15-/m1/s1. The average Bonchev–Trinajstić information content (AvgIpc) is 3.83. The maximum Gasteiger partial charge on any atom is 0.414 e. The molecule has 3 aliphatic heterocycles. The maximum atomic E-state index is 17.2. The van der Waals surface area contributed by atoms with E-state index in [2.05, 4.69) is 15.3 Å². The average molecular weight is 697 g/mol. The number of anilines is 2. The lowest BCUT2D eigenvalue weighted by atomic mass is 9.90. The van der Waals surface area contributed by atoms with Gasteiger partial charge < -0.3 is 28.8 Å². The summed E-state index contributed by atoms with van der Waals surface area (Å²) in [6, 6.07) is 3.44. The molecule has 0 radical (unpaired) electrons. The van der Waals surface area contributed by atoms with Crippen molar-refractivity contribution in [2.45, 2.75) is 70.2 Å². The molecule has 2 amide bonds. The van der Waals surface area contributed by atoms with E-state index < -0.39 is 49.9 Å². The van der Waals surface area contributed by atoms with E-state index >= 15 is 8.78 Å². The Hall–Kier alpha value is -5.08. The van der Waals surface area contributed by atoms with Crippen LogP contribution < -0.4 is 10.2 Å². The molecule has 3 aliphatic rings. The number of furan rings is 1. The van der Waals surface area contributed by atoms with Crippen molar-refractivity contribution in [2.24, 2.45) is 0 Å². The number of nitriles is 1. The van der Waals surface area contributed by atoms with Gasteiger partial charge in [0, 0.05) is 24.2 Å². The van der Waals surface area contributed by atoms with E-state index in [9.17, 15) is 28.4 Å². The SMILES string of the molecule is CCS(=O)(=O)c1nc(N2C[C@H]3C[C@@H]2CN3C(=O)O)c2c3c(c(-c4c(F)ccc5oc(NC(=O)OC(C)(C)C)c(C#N)c45)c(F)c2n1)COC3. The number of carboxylic acid groups (broad SMARTS) is 1. The topological polar surface area (TPSA) is 188 Å². The summed E-state index contributed by atoms with van der Waals surface area (Å²) in [5, 5.41) is 21.6. The Morgan fingerprint density at radius 2 is 1.86 bits per heavy atom. The lowest BCUT2D eigenvalue weighted by molar-refractivity contribution is 0.0632. The van der Waals surface area contributed by atoms with Crippen molar-refractivity contribution in [3.05, 3.63) is 40.5 Å². The fourth-order valence-corrected chi connectivity index (χ4v) is 7.60. The van der Waals surface area contributed by atoms with Crippen LogP contribution >= 0.6 is 0 Å². The second-order valence-corrected chi connectivity index (χ2v) is 15.2. The van der Waals surface area contributed by atoms with Crippen LogP contribution in [-0.2, 0) is 32.5 Å². The first-order chi connectivity index (χ1) is 23.1. The van der Waals surface area contributed by atoms with E-state index in [0.717, 1.165) is 6.07 Å². The number of amides is 2. The van der Waals surface area contributed by atoms with Crippen LogP contribution in [0.15, 0.2) is 21.7 Å². The van der Waals surface area contributed by atoms with E-state index in [1.54, 1.807) is 25.7 Å². The molecule has 2 saturated heterocycles. The van der Waals surface area contributed by atoms with Gasteiger partial charge in [-0.25, -0.2) is 36.8 Å². The summed E-state index contributed by atoms with van der Waals surface area (Å²) in [6.45, 7) is 6.41. The molecule has 17 heteroatoms. The number of ether oxygens (including phenoxy) is 2. The lowest BCUT2D eigenvalue weighted by Gasteiger charge is -2.34. The Balaban J connectivity index is 1.49. The van der Waals surface area contributed by atoms with Crippen molar-refractivity contribution in [1.29, 1.82) is 5.26 Å². The summed E-state index contributed by atoms with van der Waals surface area (Å²) in [5.41, 5.74) is -1.68. The number of carbonyl (C=O) groups excluding carboxylic acids is 1. The van der Waals surface area contributed by atoms with E-state index in [0.29, 0.717) is 12.0 Å². The van der Waals surface area contributed by atoms with E-state index in [4.69, 9.17) is 13.9 Å². The second kappa shape index (κ2) is 11.2. The summed E-state index contributed by atoms with van der Waals surface area (Å²) >= 11 is 0. The molecule has 2 bridgehead atoms. The van der Waals surface area contributed by atoms with Crippen molar-refractivity contribution in [3.63, 3.8) is 0 Å². The molecule has 49 heavy (non-hydrogen) atoms. The van der Waals surface area contributed by atoms with Gasteiger partial charge in [-0.15, -0.1) is 0 Å². The molecule has 0 saturated carbocycles. The Morgan fingerprint density at radius 3 is 2.49 bits per heavy atom. The molecule has 7 rings (SSSR count). The molecule has 2 fully saturated rings. The number of nitrogens with zero attached hydrogens (tertiary/aromatic N) is 5. The Bertz CT molecular complexity index is 2260. The molecule has 4 aromatic rings. The third-order valence-electron chi connectivity index (χ3n) is 8.96. The minimum Gasteiger partial charge on any atom is -0.465 e. The third-order valence-corrected chi connectivity index (χ3v) is 10.5. The number of rotatable bonds is 5. The normalized spacial score (nSPS) is 18.7. The fraction of sp³-hybridized carbons (Fsp3) is 0.406. The number of hydrogen-bond donors (Lipinski definition) is 2. The molecule has 256 valence electrons. The van der Waals surface area contributed by atoms with Crippen molar-refractivity contribution >= 4 is 55.6 Å². The monoisotopic (exact) mass is 696 g/mol. The Kier molecular flexibility index (Phi) is 7.45. The summed E-state index contributed by atoms with van der Waals surface area (Å²) in [4.78, 5) is 36.1. The second-order valence-electron chi connectivity index (χ2n) is 13.1. The number of fused-ring (bicyclic) bond motifs is 6. The summed E-state index contributed by atoms with van der Waals surface area (Å²) in [5.74, 6) is -2.62. The van der Waals surface area contributed by atoms with Gasteiger partial charge in [-0.2, -0.15) is 5.26 Å². The van der Waals surface area contributed by atoms with Gasteiger partial charge in [0.05, 0.1) is 41.8 Å². The van der Waals surface area contributed by atoms with Crippen LogP contribution in [0.25, 0.3) is 33.0 Å². The molecule has 0 unspecified atom stereocenters. The van der Waals surface area contributed by atoms with Crippen molar-refractivity contribution in [2.75, 3.05) is 29.1 Å². The van der Waals surface area contributed by atoms with Gasteiger partial charge in [0.15, 0.2) is 5.82 Å². The van der Waals surface area contributed by atoms with E-state index in [1.165, 1.54) is 17.9 Å². The van der Waals surface area contributed by atoms with Gasteiger partial charge in [0.25, 0.3) is 0 Å². The molecule has 2 N–H and O–H groups in total. The van der Waals surface area contributed by atoms with Gasteiger partial charge in [-0.3, -0.25) is 5.32 Å². The molecule has 0 spiro atoms. The minimum absolute atomic E-state index is 0.0418. The fourth-order valence-electron chi connectivity index (χ4n) is 6.89. The van der Waals surface area contributed by atoms with Crippen molar-refractivity contribution in [1.82, 2.24) is 14.9 Å². The van der Waals surface area contributed by atoms with Crippen molar-refractivity contribution in [3.8, 4) is 17.2 Å². The number of likely N-dealkylation sites (tertiary alicyclic amines) is 1. The molecular formula is C32H30F2N6O8S. The number of hydrogen-bond acceptors (Lipinski definition) is 11. The number of sulfone groups is 1. The van der Waals surface area contributed by atoms with E-state index in [1.807, 2.05) is 6.07 Å². The predicted molar refractivity (Wildman–Crippen MR) is 170 cm³/mol.